The quantitative estimate of drug-likeness (QED) is 0.588. The second-order valence-electron chi connectivity index (χ2n) is 7.83. The highest BCUT2D eigenvalue weighted by Gasteiger charge is 2.21. The molecule has 0 aliphatic heterocycles. The van der Waals surface area contributed by atoms with Crippen LogP contribution >= 0.6 is 0 Å². The highest BCUT2D eigenvalue weighted by Crippen LogP contribution is 2.24. The van der Waals surface area contributed by atoms with Gasteiger partial charge in [-0.3, -0.25) is 4.57 Å². The van der Waals surface area contributed by atoms with Crippen molar-refractivity contribution in [3.05, 3.63) is 36.0 Å². The minimum absolute atomic E-state index is 0.283. The Balaban J connectivity index is 2.22. The number of para-hydroxylation sites is 1. The zero-order valence-corrected chi connectivity index (χ0v) is 17.0. The molecule has 1 atom stereocenters. The number of hydrogen-bond acceptors (Lipinski definition) is 5. The number of carbonyl (C=O) groups is 1. The monoisotopic (exact) mass is 374 g/mol. The third-order valence-electron chi connectivity index (χ3n) is 4.29. The van der Waals surface area contributed by atoms with Crippen LogP contribution < -0.4 is 16.4 Å². The fourth-order valence-electron chi connectivity index (χ4n) is 3.15. The summed E-state index contributed by atoms with van der Waals surface area (Å²) in [4.78, 5) is 12.6. The fourth-order valence-corrected chi connectivity index (χ4v) is 3.15. The van der Waals surface area contributed by atoms with Crippen molar-refractivity contribution >= 4 is 17.0 Å². The summed E-state index contributed by atoms with van der Waals surface area (Å²) in [6.45, 7) is 11.1. The van der Waals surface area contributed by atoms with Gasteiger partial charge in [0.2, 0.25) is 0 Å². The van der Waals surface area contributed by atoms with E-state index in [1.165, 1.54) is 0 Å². The summed E-state index contributed by atoms with van der Waals surface area (Å²) < 4.78 is 7.20. The summed E-state index contributed by atoms with van der Waals surface area (Å²) in [5, 5.41) is 8.08. The maximum absolute atomic E-state index is 12.6. The van der Waals surface area contributed by atoms with Crippen LogP contribution in [0.1, 0.15) is 39.7 Å². The molecule has 0 saturated carbocycles. The summed E-state index contributed by atoms with van der Waals surface area (Å²) in [7, 11) is 0. The van der Waals surface area contributed by atoms with Gasteiger partial charge >= 0.3 is 6.09 Å². The molecular formula is C21H34N4O2. The van der Waals surface area contributed by atoms with Crippen molar-refractivity contribution in [2.75, 3.05) is 26.2 Å². The van der Waals surface area contributed by atoms with Gasteiger partial charge in [0.25, 0.3) is 0 Å². The van der Waals surface area contributed by atoms with Gasteiger partial charge in [-0.2, -0.15) is 0 Å². The van der Waals surface area contributed by atoms with Crippen LogP contribution in [0.4, 0.5) is 4.79 Å². The van der Waals surface area contributed by atoms with E-state index in [0.717, 1.165) is 48.9 Å². The van der Waals surface area contributed by atoms with E-state index in [0.29, 0.717) is 6.54 Å². The van der Waals surface area contributed by atoms with Crippen molar-refractivity contribution in [3.8, 4) is 0 Å². The van der Waals surface area contributed by atoms with Crippen LogP contribution in [0.3, 0.4) is 0 Å². The van der Waals surface area contributed by atoms with Gasteiger partial charge in [-0.1, -0.05) is 25.1 Å². The zero-order chi connectivity index (χ0) is 19.9. The number of aromatic nitrogens is 1. The molecule has 6 nitrogen and oxygen atoms in total. The first kappa shape index (κ1) is 21.4. The molecule has 27 heavy (non-hydrogen) atoms. The summed E-state index contributed by atoms with van der Waals surface area (Å²) >= 11 is 0. The van der Waals surface area contributed by atoms with E-state index in [-0.39, 0.29) is 12.1 Å². The lowest BCUT2D eigenvalue weighted by molar-refractivity contribution is 0.0544. The first-order chi connectivity index (χ1) is 12.9. The van der Waals surface area contributed by atoms with Crippen LogP contribution in [0.5, 0.6) is 0 Å². The average Bonchev–Trinajstić information content (AvgIpc) is 2.96. The first-order valence-electron chi connectivity index (χ1n) is 9.82. The van der Waals surface area contributed by atoms with E-state index >= 15 is 0 Å². The molecule has 1 heterocycles. The number of fused-ring (bicyclic) bond motifs is 1. The number of nitrogens with zero attached hydrogens (tertiary/aromatic N) is 1. The molecule has 0 unspecified atom stereocenters. The van der Waals surface area contributed by atoms with Gasteiger partial charge in [0.15, 0.2) is 0 Å². The van der Waals surface area contributed by atoms with Crippen molar-refractivity contribution in [2.45, 2.75) is 52.2 Å². The van der Waals surface area contributed by atoms with Gasteiger partial charge in [0, 0.05) is 24.2 Å². The number of nitrogens with two attached hydrogens (primary N) is 1. The first-order valence-corrected chi connectivity index (χ1v) is 9.82. The molecule has 0 spiro atoms. The van der Waals surface area contributed by atoms with Crippen LogP contribution in [-0.2, 0) is 11.2 Å². The van der Waals surface area contributed by atoms with Gasteiger partial charge in [-0.15, -0.1) is 0 Å². The third kappa shape index (κ3) is 6.34. The lowest BCUT2D eigenvalue weighted by Gasteiger charge is -2.20. The van der Waals surface area contributed by atoms with Crippen molar-refractivity contribution < 1.29 is 9.53 Å². The Morgan fingerprint density at radius 1 is 1.30 bits per heavy atom. The molecule has 2 rings (SSSR count). The van der Waals surface area contributed by atoms with Gasteiger partial charge in [0.05, 0.1) is 5.52 Å². The molecule has 0 aliphatic rings. The summed E-state index contributed by atoms with van der Waals surface area (Å²) in [6, 6.07) is 8.27. The molecule has 0 amide bonds. The lowest BCUT2D eigenvalue weighted by atomic mass is 10.0. The Labute approximate surface area is 162 Å². The van der Waals surface area contributed by atoms with Crippen LogP contribution in [0.25, 0.3) is 10.9 Å². The van der Waals surface area contributed by atoms with Crippen LogP contribution in [0.15, 0.2) is 30.5 Å². The maximum Gasteiger partial charge on any atom is 0.419 e. The van der Waals surface area contributed by atoms with E-state index in [4.69, 9.17) is 10.5 Å². The topological polar surface area (TPSA) is 81.3 Å². The van der Waals surface area contributed by atoms with E-state index in [1.807, 2.05) is 45.2 Å². The maximum atomic E-state index is 12.6. The summed E-state index contributed by atoms with van der Waals surface area (Å²) in [5.41, 5.74) is 7.06. The van der Waals surface area contributed by atoms with E-state index in [2.05, 4.69) is 23.6 Å². The van der Waals surface area contributed by atoms with E-state index < -0.39 is 5.60 Å². The Hall–Kier alpha value is -1.89. The molecule has 4 N–H and O–H groups in total. The Kier molecular flexibility index (Phi) is 7.83. The number of benzene rings is 1. The molecule has 1 aromatic heterocycles. The number of likely N-dealkylation sites (N-methyl/N-ethyl adjacent to an activating group) is 1. The molecule has 0 aliphatic carbocycles. The van der Waals surface area contributed by atoms with Gasteiger partial charge in [-0.05, 0) is 64.9 Å². The van der Waals surface area contributed by atoms with Crippen molar-refractivity contribution in [3.63, 3.8) is 0 Å². The standard InChI is InChI=1S/C21H34N4O2/c1-5-24-17(14-23-12-8-11-22)13-16-15-25(20(26)27-21(2,3)4)19-10-7-6-9-18(16)19/h6-7,9-10,15,17,23-24H,5,8,11-14,22H2,1-4H3/t17-/m0/s1. The summed E-state index contributed by atoms with van der Waals surface area (Å²) in [5.74, 6) is 0. The molecule has 0 fully saturated rings. The number of ether oxygens (including phenoxy) is 1. The number of carbonyl (C=O) groups excluding carboxylic acids is 1. The van der Waals surface area contributed by atoms with Crippen LogP contribution in [0, 0.1) is 0 Å². The molecular weight excluding hydrogens is 340 g/mol. The SMILES string of the molecule is CCN[C@H](CNCCCN)Cc1cn(C(=O)OC(C)(C)C)c2ccccc12. The third-order valence-corrected chi connectivity index (χ3v) is 4.29. The normalized spacial score (nSPS) is 13.1. The molecule has 150 valence electrons. The Bertz CT molecular complexity index is 733. The Morgan fingerprint density at radius 2 is 2.04 bits per heavy atom. The predicted octanol–water partition coefficient (Wildman–Crippen LogP) is 2.88. The number of rotatable bonds is 9. The highest BCUT2D eigenvalue weighted by atomic mass is 16.6. The molecule has 2 aromatic rings. The molecule has 0 bridgehead atoms. The van der Waals surface area contributed by atoms with E-state index in [9.17, 15) is 4.79 Å². The van der Waals surface area contributed by atoms with Crippen molar-refractivity contribution in [1.82, 2.24) is 15.2 Å². The average molecular weight is 375 g/mol. The van der Waals surface area contributed by atoms with Gasteiger partial charge in [0.1, 0.15) is 5.60 Å². The number of hydrogen-bond donors (Lipinski definition) is 3. The molecule has 6 heteroatoms. The predicted molar refractivity (Wildman–Crippen MR) is 111 cm³/mol. The second kappa shape index (κ2) is 9.88. The molecule has 0 radical (unpaired) electrons. The molecule has 0 saturated heterocycles. The van der Waals surface area contributed by atoms with Crippen molar-refractivity contribution in [1.29, 1.82) is 0 Å². The van der Waals surface area contributed by atoms with E-state index in [1.54, 1.807) is 4.57 Å². The minimum Gasteiger partial charge on any atom is -0.443 e. The van der Waals surface area contributed by atoms with Crippen molar-refractivity contribution in [2.24, 2.45) is 5.73 Å². The second-order valence-corrected chi connectivity index (χ2v) is 7.83. The smallest absolute Gasteiger partial charge is 0.419 e. The lowest BCUT2D eigenvalue weighted by Crippen LogP contribution is -2.40. The van der Waals surface area contributed by atoms with Gasteiger partial charge in [-0.25, -0.2) is 4.79 Å². The highest BCUT2D eigenvalue weighted by molar-refractivity contribution is 5.92. The molecule has 1 aromatic carbocycles. The van der Waals surface area contributed by atoms with Crippen LogP contribution in [0.2, 0.25) is 0 Å². The summed E-state index contributed by atoms with van der Waals surface area (Å²) in [6.07, 6.45) is 3.38. The number of nitrogens with one attached hydrogen (secondary N) is 2. The largest absolute Gasteiger partial charge is 0.443 e. The van der Waals surface area contributed by atoms with Gasteiger partial charge < -0.3 is 21.1 Å². The fraction of sp³-hybridized carbons (Fsp3) is 0.571. The zero-order valence-electron chi connectivity index (χ0n) is 17.0. The van der Waals surface area contributed by atoms with Crippen LogP contribution in [-0.4, -0.2) is 48.5 Å². The Morgan fingerprint density at radius 3 is 2.70 bits per heavy atom. The minimum atomic E-state index is -0.526.